The number of nitrogens with zero attached hydrogens (tertiary/aromatic N) is 2. The van der Waals surface area contributed by atoms with Crippen molar-refractivity contribution in [2.75, 3.05) is 13.1 Å². The highest BCUT2D eigenvalue weighted by atomic mass is 79.9. The lowest BCUT2D eigenvalue weighted by Crippen LogP contribution is -2.34. The Morgan fingerprint density at radius 2 is 2.10 bits per heavy atom. The van der Waals surface area contributed by atoms with Gasteiger partial charge >= 0.3 is 0 Å². The molecular formula is C15H23BrN2O2. The number of aromatic nitrogens is 1. The van der Waals surface area contributed by atoms with E-state index in [-0.39, 0.29) is 11.9 Å². The van der Waals surface area contributed by atoms with Gasteiger partial charge in [0, 0.05) is 29.8 Å². The van der Waals surface area contributed by atoms with Crippen molar-refractivity contribution in [1.29, 1.82) is 0 Å². The minimum Gasteiger partial charge on any atom is -0.390 e. The predicted molar refractivity (Wildman–Crippen MR) is 82.9 cm³/mol. The van der Waals surface area contributed by atoms with Crippen LogP contribution in [0.1, 0.15) is 56.6 Å². The molecule has 0 radical (unpaired) electrons. The van der Waals surface area contributed by atoms with Gasteiger partial charge in [0.1, 0.15) is 5.69 Å². The maximum atomic E-state index is 12.7. The van der Waals surface area contributed by atoms with Crippen molar-refractivity contribution in [2.24, 2.45) is 0 Å². The summed E-state index contributed by atoms with van der Waals surface area (Å²) in [6.07, 6.45) is 4.20. The zero-order chi connectivity index (χ0) is 14.9. The van der Waals surface area contributed by atoms with E-state index in [1.165, 1.54) is 0 Å². The molecule has 1 aliphatic rings. The molecule has 0 aliphatic carbocycles. The number of carbonyl (C=O) groups excluding carboxylic acids is 1. The number of halogens is 1. The topological polar surface area (TPSA) is 45.5 Å². The lowest BCUT2D eigenvalue weighted by atomic mass is 9.98. The first kappa shape index (κ1) is 15.6. The molecule has 1 aromatic heterocycles. The van der Waals surface area contributed by atoms with E-state index in [4.69, 9.17) is 0 Å². The van der Waals surface area contributed by atoms with Crippen LogP contribution in [-0.4, -0.2) is 39.2 Å². The zero-order valence-electron chi connectivity index (χ0n) is 12.4. The lowest BCUT2D eigenvalue weighted by Gasteiger charge is -2.23. The van der Waals surface area contributed by atoms with E-state index in [2.05, 4.69) is 29.8 Å². The number of likely N-dealkylation sites (tertiary alicyclic amines) is 1. The summed E-state index contributed by atoms with van der Waals surface area (Å²) in [5, 5.41) is 10.1. The Hall–Kier alpha value is -0.810. The molecule has 1 N–H and O–H groups in total. The van der Waals surface area contributed by atoms with Gasteiger partial charge in [0.05, 0.1) is 5.60 Å². The molecule has 1 amide bonds. The summed E-state index contributed by atoms with van der Waals surface area (Å²) in [5.74, 6) is 0.0575. The van der Waals surface area contributed by atoms with Crippen LogP contribution in [0.25, 0.3) is 0 Å². The van der Waals surface area contributed by atoms with Gasteiger partial charge in [-0.3, -0.25) is 4.79 Å². The standard InChI is InChI=1S/C15H23BrN2O2/c1-11(2)18-10-12(16)9-13(18)14(19)17-7-4-5-15(3,20)6-8-17/h9-11,20H,4-8H2,1-3H3. The summed E-state index contributed by atoms with van der Waals surface area (Å²) in [7, 11) is 0. The van der Waals surface area contributed by atoms with Crippen molar-refractivity contribution in [1.82, 2.24) is 9.47 Å². The van der Waals surface area contributed by atoms with E-state index in [9.17, 15) is 9.90 Å². The van der Waals surface area contributed by atoms with Crippen LogP contribution in [0.15, 0.2) is 16.7 Å². The summed E-state index contributed by atoms with van der Waals surface area (Å²) in [4.78, 5) is 14.6. The second-order valence-corrected chi connectivity index (χ2v) is 7.10. The molecule has 1 fully saturated rings. The molecule has 0 bridgehead atoms. The molecule has 2 heterocycles. The van der Waals surface area contributed by atoms with Crippen LogP contribution >= 0.6 is 15.9 Å². The van der Waals surface area contributed by atoms with Gasteiger partial charge < -0.3 is 14.6 Å². The van der Waals surface area contributed by atoms with Gasteiger partial charge in [-0.15, -0.1) is 0 Å². The SMILES string of the molecule is CC(C)n1cc(Br)cc1C(=O)N1CCCC(C)(O)CC1. The lowest BCUT2D eigenvalue weighted by molar-refractivity contribution is 0.0436. The monoisotopic (exact) mass is 342 g/mol. The summed E-state index contributed by atoms with van der Waals surface area (Å²) in [6.45, 7) is 7.32. The van der Waals surface area contributed by atoms with Gasteiger partial charge in [-0.25, -0.2) is 0 Å². The van der Waals surface area contributed by atoms with Crippen LogP contribution in [0.5, 0.6) is 0 Å². The van der Waals surface area contributed by atoms with Gasteiger partial charge in [-0.1, -0.05) is 0 Å². The number of aliphatic hydroxyl groups is 1. The maximum Gasteiger partial charge on any atom is 0.270 e. The minimum absolute atomic E-state index is 0.0575. The van der Waals surface area contributed by atoms with Crippen LogP contribution in [-0.2, 0) is 0 Å². The molecule has 1 aromatic rings. The highest BCUT2D eigenvalue weighted by molar-refractivity contribution is 9.10. The van der Waals surface area contributed by atoms with Crippen molar-refractivity contribution in [3.63, 3.8) is 0 Å². The van der Waals surface area contributed by atoms with Crippen molar-refractivity contribution in [2.45, 2.75) is 51.7 Å². The number of hydrogen-bond donors (Lipinski definition) is 1. The third-order valence-corrected chi connectivity index (χ3v) is 4.38. The Bertz CT molecular complexity index is 494. The van der Waals surface area contributed by atoms with E-state index in [0.717, 1.165) is 23.9 Å². The van der Waals surface area contributed by atoms with Crippen LogP contribution in [0.4, 0.5) is 0 Å². The molecule has 2 rings (SSSR count). The van der Waals surface area contributed by atoms with Crippen molar-refractivity contribution >= 4 is 21.8 Å². The Kier molecular flexibility index (Phi) is 4.59. The average Bonchev–Trinajstić information content (AvgIpc) is 2.65. The smallest absolute Gasteiger partial charge is 0.270 e. The molecule has 5 heteroatoms. The van der Waals surface area contributed by atoms with Crippen LogP contribution in [0.3, 0.4) is 0 Å². The zero-order valence-corrected chi connectivity index (χ0v) is 14.0. The van der Waals surface area contributed by atoms with E-state index < -0.39 is 5.60 Å². The van der Waals surface area contributed by atoms with Gasteiger partial charge in [-0.05, 0) is 62.0 Å². The number of rotatable bonds is 2. The van der Waals surface area contributed by atoms with Crippen molar-refractivity contribution in [3.05, 3.63) is 22.4 Å². The first-order chi connectivity index (χ1) is 9.30. The summed E-state index contributed by atoms with van der Waals surface area (Å²) in [6, 6.07) is 2.13. The largest absolute Gasteiger partial charge is 0.390 e. The quantitative estimate of drug-likeness (QED) is 0.896. The molecule has 0 spiro atoms. The predicted octanol–water partition coefficient (Wildman–Crippen LogP) is 3.21. The third-order valence-electron chi connectivity index (χ3n) is 3.94. The summed E-state index contributed by atoms with van der Waals surface area (Å²) < 4.78 is 2.92. The molecule has 112 valence electrons. The van der Waals surface area contributed by atoms with Crippen LogP contribution in [0, 0.1) is 0 Å². The molecule has 1 aliphatic heterocycles. The fourth-order valence-corrected chi connectivity index (χ4v) is 3.11. The van der Waals surface area contributed by atoms with E-state index in [0.29, 0.717) is 18.7 Å². The van der Waals surface area contributed by atoms with Crippen molar-refractivity contribution < 1.29 is 9.90 Å². The fraction of sp³-hybridized carbons (Fsp3) is 0.667. The molecule has 1 atom stereocenters. The van der Waals surface area contributed by atoms with Crippen LogP contribution < -0.4 is 0 Å². The summed E-state index contributed by atoms with van der Waals surface area (Å²) in [5.41, 5.74) is 0.0729. The molecular weight excluding hydrogens is 320 g/mol. The molecule has 20 heavy (non-hydrogen) atoms. The second kappa shape index (κ2) is 5.90. The van der Waals surface area contributed by atoms with Crippen LogP contribution in [0.2, 0.25) is 0 Å². The normalized spacial score (nSPS) is 24.0. The van der Waals surface area contributed by atoms with Gasteiger partial charge in [0.2, 0.25) is 0 Å². The summed E-state index contributed by atoms with van der Waals surface area (Å²) >= 11 is 3.45. The molecule has 1 saturated heterocycles. The minimum atomic E-state index is -0.643. The number of hydrogen-bond acceptors (Lipinski definition) is 2. The Morgan fingerprint density at radius 1 is 1.40 bits per heavy atom. The van der Waals surface area contributed by atoms with Crippen molar-refractivity contribution in [3.8, 4) is 0 Å². The van der Waals surface area contributed by atoms with Gasteiger partial charge in [-0.2, -0.15) is 0 Å². The average molecular weight is 343 g/mol. The third kappa shape index (κ3) is 3.44. The first-order valence-corrected chi connectivity index (χ1v) is 7.98. The molecule has 0 saturated carbocycles. The molecule has 1 unspecified atom stereocenters. The Labute approximate surface area is 128 Å². The highest BCUT2D eigenvalue weighted by Gasteiger charge is 2.28. The number of carbonyl (C=O) groups is 1. The highest BCUT2D eigenvalue weighted by Crippen LogP contribution is 2.25. The van der Waals surface area contributed by atoms with E-state index in [1.54, 1.807) is 0 Å². The number of amides is 1. The Balaban J connectivity index is 2.19. The molecule has 0 aromatic carbocycles. The van der Waals surface area contributed by atoms with E-state index >= 15 is 0 Å². The van der Waals surface area contributed by atoms with Gasteiger partial charge in [0.15, 0.2) is 0 Å². The fourth-order valence-electron chi connectivity index (χ4n) is 2.67. The van der Waals surface area contributed by atoms with Gasteiger partial charge in [0.25, 0.3) is 5.91 Å². The van der Waals surface area contributed by atoms with E-state index in [1.807, 2.05) is 28.7 Å². The Morgan fingerprint density at radius 3 is 2.75 bits per heavy atom. The second-order valence-electron chi connectivity index (χ2n) is 6.19. The first-order valence-electron chi connectivity index (χ1n) is 7.19. The maximum absolute atomic E-state index is 12.7. The molecule has 4 nitrogen and oxygen atoms in total.